The van der Waals surface area contributed by atoms with E-state index in [1.54, 1.807) is 0 Å². The number of nitrogens with zero attached hydrogens (tertiary/aromatic N) is 2. The normalized spacial score (nSPS) is 31.9. The van der Waals surface area contributed by atoms with Crippen molar-refractivity contribution >= 4 is 21.5 Å². The average molecular weight is 239 g/mol. The van der Waals surface area contributed by atoms with Crippen molar-refractivity contribution in [3.8, 4) is 0 Å². The van der Waals surface area contributed by atoms with Crippen molar-refractivity contribution in [3.63, 3.8) is 0 Å². The van der Waals surface area contributed by atoms with Gasteiger partial charge in [0.1, 0.15) is 6.20 Å². The molecule has 1 N–H and O–H groups in total. The van der Waals surface area contributed by atoms with Crippen LogP contribution >= 0.6 is 11.3 Å². The Kier molecular flexibility index (Phi) is 2.31. The van der Waals surface area contributed by atoms with Crippen molar-refractivity contribution in [2.75, 3.05) is 5.32 Å². The fourth-order valence-electron chi connectivity index (χ4n) is 3.00. The molecule has 1 heterocycles. The minimum atomic E-state index is -0.385. The van der Waals surface area contributed by atoms with Crippen LogP contribution in [0.4, 0.5) is 10.1 Å². The Labute approximate surface area is 97.0 Å². The van der Waals surface area contributed by atoms with Crippen molar-refractivity contribution in [2.24, 2.45) is 11.8 Å². The molecule has 2 saturated carbocycles. The Morgan fingerprint density at radius 1 is 1.50 bits per heavy atom. The standard InChI is InChI=1S/C10H13N3O2S/c14-13(15)9-5-11-10(16-9)12-8-4-6-1-2-7(8)3-6/h5-8H,1-4H2,(H,11,12). The molecule has 2 bridgehead atoms. The molecule has 5 nitrogen and oxygen atoms in total. The first-order valence-electron chi connectivity index (χ1n) is 5.59. The number of hydrogen-bond donors (Lipinski definition) is 1. The van der Waals surface area contributed by atoms with E-state index < -0.39 is 0 Å². The Bertz CT molecular complexity index is 420. The van der Waals surface area contributed by atoms with Gasteiger partial charge in [-0.15, -0.1) is 0 Å². The second-order valence-electron chi connectivity index (χ2n) is 4.69. The molecule has 0 aliphatic heterocycles. The third kappa shape index (κ3) is 1.67. The van der Waals surface area contributed by atoms with Gasteiger partial charge in [0.15, 0.2) is 5.13 Å². The van der Waals surface area contributed by atoms with Gasteiger partial charge in [-0.25, -0.2) is 4.98 Å². The van der Waals surface area contributed by atoms with Gasteiger partial charge in [0.2, 0.25) is 0 Å². The summed E-state index contributed by atoms with van der Waals surface area (Å²) in [4.78, 5) is 14.2. The fraction of sp³-hybridized carbons (Fsp3) is 0.700. The SMILES string of the molecule is O=[N+]([O-])c1cnc(NC2CC3CCC2C3)s1. The van der Waals surface area contributed by atoms with Crippen LogP contribution in [0, 0.1) is 22.0 Å². The molecule has 3 rings (SSSR count). The molecule has 2 aliphatic carbocycles. The Hall–Kier alpha value is -1.17. The first-order chi connectivity index (χ1) is 7.72. The van der Waals surface area contributed by atoms with E-state index in [9.17, 15) is 10.1 Å². The lowest BCUT2D eigenvalue weighted by atomic mass is 9.96. The largest absolute Gasteiger partial charge is 0.358 e. The van der Waals surface area contributed by atoms with Crippen molar-refractivity contribution in [3.05, 3.63) is 16.3 Å². The molecule has 2 fully saturated rings. The highest BCUT2D eigenvalue weighted by Crippen LogP contribution is 2.45. The summed E-state index contributed by atoms with van der Waals surface area (Å²) >= 11 is 1.13. The van der Waals surface area contributed by atoms with Gasteiger partial charge in [-0.2, -0.15) is 0 Å². The molecule has 1 aromatic rings. The van der Waals surface area contributed by atoms with E-state index in [1.165, 1.54) is 31.9 Å². The van der Waals surface area contributed by atoms with Crippen LogP contribution < -0.4 is 5.32 Å². The maximum absolute atomic E-state index is 10.5. The van der Waals surface area contributed by atoms with Crippen LogP contribution in [-0.2, 0) is 0 Å². The zero-order valence-corrected chi connectivity index (χ0v) is 9.57. The first-order valence-corrected chi connectivity index (χ1v) is 6.41. The van der Waals surface area contributed by atoms with Crippen LogP contribution in [0.2, 0.25) is 0 Å². The van der Waals surface area contributed by atoms with Gasteiger partial charge in [-0.05, 0) is 42.4 Å². The molecule has 16 heavy (non-hydrogen) atoms. The topological polar surface area (TPSA) is 68.1 Å². The van der Waals surface area contributed by atoms with Crippen LogP contribution in [0.15, 0.2) is 6.20 Å². The Balaban J connectivity index is 1.68. The maximum Gasteiger partial charge on any atom is 0.345 e. The van der Waals surface area contributed by atoms with Crippen LogP contribution in [-0.4, -0.2) is 15.9 Å². The lowest BCUT2D eigenvalue weighted by Gasteiger charge is -2.22. The quantitative estimate of drug-likeness (QED) is 0.650. The number of thiazole rings is 1. The Morgan fingerprint density at radius 2 is 2.38 bits per heavy atom. The molecule has 0 spiro atoms. The van der Waals surface area contributed by atoms with Crippen LogP contribution in [0.1, 0.15) is 25.7 Å². The molecule has 3 unspecified atom stereocenters. The third-order valence-electron chi connectivity index (χ3n) is 3.72. The second kappa shape index (κ2) is 3.69. The lowest BCUT2D eigenvalue weighted by Crippen LogP contribution is -2.25. The number of hydrogen-bond acceptors (Lipinski definition) is 5. The molecule has 0 saturated heterocycles. The summed E-state index contributed by atoms with van der Waals surface area (Å²) < 4.78 is 0. The molecular formula is C10H13N3O2S. The molecule has 86 valence electrons. The minimum Gasteiger partial charge on any atom is -0.358 e. The zero-order valence-electron chi connectivity index (χ0n) is 8.76. The van der Waals surface area contributed by atoms with Gasteiger partial charge >= 0.3 is 5.00 Å². The van der Waals surface area contributed by atoms with Crippen LogP contribution in [0.3, 0.4) is 0 Å². The number of nitro groups is 1. The van der Waals surface area contributed by atoms with Gasteiger partial charge in [0.25, 0.3) is 0 Å². The Morgan fingerprint density at radius 3 is 2.94 bits per heavy atom. The molecular weight excluding hydrogens is 226 g/mol. The van der Waals surface area contributed by atoms with Gasteiger partial charge in [-0.3, -0.25) is 10.1 Å². The molecule has 6 heteroatoms. The van der Waals surface area contributed by atoms with E-state index in [0.29, 0.717) is 11.2 Å². The second-order valence-corrected chi connectivity index (χ2v) is 5.70. The molecule has 2 aliphatic rings. The van der Waals surface area contributed by atoms with E-state index in [2.05, 4.69) is 10.3 Å². The minimum absolute atomic E-state index is 0.116. The predicted octanol–water partition coefficient (Wildman–Crippen LogP) is 2.65. The number of fused-ring (bicyclic) bond motifs is 2. The van der Waals surface area contributed by atoms with E-state index in [1.807, 2.05) is 0 Å². The molecule has 0 aromatic carbocycles. The first kappa shape index (κ1) is 10.0. The average Bonchev–Trinajstić information content (AvgIpc) is 2.91. The maximum atomic E-state index is 10.5. The van der Waals surface area contributed by atoms with E-state index >= 15 is 0 Å². The predicted molar refractivity (Wildman–Crippen MR) is 61.6 cm³/mol. The number of nitrogens with one attached hydrogen (secondary N) is 1. The van der Waals surface area contributed by atoms with Crippen LogP contribution in [0.5, 0.6) is 0 Å². The molecule has 0 radical (unpaired) electrons. The zero-order chi connectivity index (χ0) is 11.1. The van der Waals surface area contributed by atoms with E-state index in [-0.39, 0.29) is 9.92 Å². The number of aromatic nitrogens is 1. The number of rotatable bonds is 3. The summed E-state index contributed by atoms with van der Waals surface area (Å²) in [6, 6.07) is 0.490. The van der Waals surface area contributed by atoms with Crippen molar-refractivity contribution in [1.82, 2.24) is 4.98 Å². The summed E-state index contributed by atoms with van der Waals surface area (Å²) in [6.45, 7) is 0. The summed E-state index contributed by atoms with van der Waals surface area (Å²) in [5, 5.41) is 14.7. The highest BCUT2D eigenvalue weighted by molar-refractivity contribution is 7.18. The molecule has 1 aromatic heterocycles. The fourth-order valence-corrected chi connectivity index (χ4v) is 3.69. The molecule has 3 atom stereocenters. The van der Waals surface area contributed by atoms with Crippen molar-refractivity contribution in [2.45, 2.75) is 31.7 Å². The van der Waals surface area contributed by atoms with Crippen LogP contribution in [0.25, 0.3) is 0 Å². The highest BCUT2D eigenvalue weighted by atomic mass is 32.1. The van der Waals surface area contributed by atoms with E-state index in [0.717, 1.165) is 23.2 Å². The van der Waals surface area contributed by atoms with Gasteiger partial charge in [0.05, 0.1) is 4.92 Å². The van der Waals surface area contributed by atoms with Crippen molar-refractivity contribution in [1.29, 1.82) is 0 Å². The van der Waals surface area contributed by atoms with E-state index in [4.69, 9.17) is 0 Å². The summed E-state index contributed by atoms with van der Waals surface area (Å²) in [5.74, 6) is 1.63. The lowest BCUT2D eigenvalue weighted by molar-refractivity contribution is -0.380. The summed E-state index contributed by atoms with van der Waals surface area (Å²) in [5.41, 5.74) is 0. The van der Waals surface area contributed by atoms with Crippen molar-refractivity contribution < 1.29 is 4.92 Å². The smallest absolute Gasteiger partial charge is 0.345 e. The molecule has 0 amide bonds. The monoisotopic (exact) mass is 239 g/mol. The number of anilines is 1. The summed E-state index contributed by atoms with van der Waals surface area (Å²) in [7, 11) is 0. The highest BCUT2D eigenvalue weighted by Gasteiger charge is 2.39. The third-order valence-corrected chi connectivity index (χ3v) is 4.60. The van der Waals surface area contributed by atoms with Gasteiger partial charge < -0.3 is 5.32 Å². The van der Waals surface area contributed by atoms with Gasteiger partial charge in [0, 0.05) is 6.04 Å². The summed E-state index contributed by atoms with van der Waals surface area (Å²) in [6.07, 6.45) is 6.53. The van der Waals surface area contributed by atoms with Gasteiger partial charge in [-0.1, -0.05) is 6.42 Å².